The molecule has 110 valence electrons. The van der Waals surface area contributed by atoms with Crippen molar-refractivity contribution < 1.29 is 9.53 Å². The molecule has 0 heterocycles. The van der Waals surface area contributed by atoms with Crippen LogP contribution in [0.25, 0.3) is 0 Å². The third-order valence-corrected chi connectivity index (χ3v) is 4.68. The van der Waals surface area contributed by atoms with Crippen LogP contribution in [0, 0.1) is 0 Å². The van der Waals surface area contributed by atoms with Gasteiger partial charge in [0.1, 0.15) is 5.75 Å². The van der Waals surface area contributed by atoms with Crippen LogP contribution in [-0.4, -0.2) is 37.4 Å². The van der Waals surface area contributed by atoms with Crippen molar-refractivity contribution in [2.45, 2.75) is 37.6 Å². The number of Topliss-reactive ketones (excluding diaryl/α,β-unsaturated/α-hetero) is 1. The van der Waals surface area contributed by atoms with Crippen LogP contribution in [0.3, 0.4) is 0 Å². The van der Waals surface area contributed by atoms with E-state index in [1.807, 2.05) is 14.1 Å². The quantitative estimate of drug-likeness (QED) is 0.791. The van der Waals surface area contributed by atoms with E-state index in [4.69, 9.17) is 16.3 Å². The fourth-order valence-corrected chi connectivity index (χ4v) is 3.28. The van der Waals surface area contributed by atoms with Crippen LogP contribution in [0.5, 0.6) is 5.75 Å². The van der Waals surface area contributed by atoms with Crippen LogP contribution >= 0.6 is 11.6 Å². The van der Waals surface area contributed by atoms with E-state index >= 15 is 0 Å². The Balaban J connectivity index is 2.37. The second-order valence-electron chi connectivity index (χ2n) is 5.67. The number of benzene rings is 1. The maximum atomic E-state index is 13.0. The summed E-state index contributed by atoms with van der Waals surface area (Å²) < 4.78 is 5.22. The molecule has 0 radical (unpaired) electrons. The number of ether oxygens (including phenoxy) is 1. The summed E-state index contributed by atoms with van der Waals surface area (Å²) in [5, 5.41) is 0.534. The molecule has 0 aromatic heterocycles. The first-order chi connectivity index (χ1) is 9.51. The Morgan fingerprint density at radius 3 is 2.45 bits per heavy atom. The highest BCUT2D eigenvalue weighted by atomic mass is 35.5. The lowest BCUT2D eigenvalue weighted by Crippen LogP contribution is -2.52. The lowest BCUT2D eigenvalue weighted by Gasteiger charge is -2.41. The fourth-order valence-electron chi connectivity index (χ4n) is 3.08. The molecule has 1 saturated carbocycles. The molecule has 1 aromatic rings. The summed E-state index contributed by atoms with van der Waals surface area (Å²) in [5.41, 5.74) is 0.304. The Morgan fingerprint density at radius 1 is 1.25 bits per heavy atom. The lowest BCUT2D eigenvalue weighted by atomic mass is 9.75. The number of carbonyl (C=O) groups excluding carboxylic acids is 1. The smallest absolute Gasteiger partial charge is 0.183 e. The van der Waals surface area contributed by atoms with E-state index in [9.17, 15) is 4.79 Å². The Hall–Kier alpha value is -1.06. The van der Waals surface area contributed by atoms with Gasteiger partial charge in [-0.3, -0.25) is 9.69 Å². The summed E-state index contributed by atoms with van der Waals surface area (Å²) in [6.45, 7) is 0. The largest absolute Gasteiger partial charge is 0.495 e. The average molecular weight is 296 g/mol. The van der Waals surface area contributed by atoms with Crippen LogP contribution in [0.1, 0.15) is 42.5 Å². The van der Waals surface area contributed by atoms with Gasteiger partial charge in [-0.2, -0.15) is 0 Å². The topological polar surface area (TPSA) is 29.5 Å². The van der Waals surface area contributed by atoms with Gasteiger partial charge in [0, 0.05) is 5.56 Å². The lowest BCUT2D eigenvalue weighted by molar-refractivity contribution is 0.0563. The van der Waals surface area contributed by atoms with E-state index in [2.05, 4.69) is 4.90 Å². The number of halogens is 1. The highest BCUT2D eigenvalue weighted by molar-refractivity contribution is 6.32. The van der Waals surface area contributed by atoms with E-state index < -0.39 is 0 Å². The third kappa shape index (κ3) is 2.70. The molecule has 0 aliphatic heterocycles. The molecule has 1 aliphatic carbocycles. The van der Waals surface area contributed by atoms with Gasteiger partial charge in [-0.15, -0.1) is 0 Å². The minimum Gasteiger partial charge on any atom is -0.495 e. The fraction of sp³-hybridized carbons (Fsp3) is 0.562. The summed E-state index contributed by atoms with van der Waals surface area (Å²) in [6.07, 6.45) is 5.27. The Bertz CT molecular complexity index is 493. The number of ketones is 1. The molecule has 1 fully saturated rings. The number of nitrogens with zero attached hydrogens (tertiary/aromatic N) is 1. The van der Waals surface area contributed by atoms with Crippen LogP contribution in [-0.2, 0) is 0 Å². The Kier molecular flexibility index (Phi) is 4.71. The van der Waals surface area contributed by atoms with E-state index in [1.165, 1.54) is 6.42 Å². The summed E-state index contributed by atoms with van der Waals surface area (Å²) in [4.78, 5) is 15.1. The molecule has 0 unspecified atom stereocenters. The highest BCUT2D eigenvalue weighted by Crippen LogP contribution is 2.36. The Labute approximate surface area is 125 Å². The van der Waals surface area contributed by atoms with E-state index in [-0.39, 0.29) is 11.3 Å². The Morgan fingerprint density at radius 2 is 1.90 bits per heavy atom. The second kappa shape index (κ2) is 6.15. The molecular weight excluding hydrogens is 274 g/mol. The normalized spacial score (nSPS) is 18.1. The maximum Gasteiger partial charge on any atom is 0.183 e. The van der Waals surface area contributed by atoms with Gasteiger partial charge in [-0.1, -0.05) is 30.9 Å². The molecule has 0 N–H and O–H groups in total. The van der Waals surface area contributed by atoms with E-state index in [0.717, 1.165) is 25.7 Å². The number of rotatable bonds is 4. The van der Waals surface area contributed by atoms with Crippen molar-refractivity contribution in [1.29, 1.82) is 0 Å². The van der Waals surface area contributed by atoms with Crippen molar-refractivity contribution in [3.63, 3.8) is 0 Å². The maximum absolute atomic E-state index is 13.0. The number of likely N-dealkylation sites (N-methyl/N-ethyl adjacent to an activating group) is 1. The first-order valence-corrected chi connectivity index (χ1v) is 7.45. The van der Waals surface area contributed by atoms with Gasteiger partial charge in [0.05, 0.1) is 17.7 Å². The van der Waals surface area contributed by atoms with Crippen molar-refractivity contribution in [3.05, 3.63) is 28.8 Å². The van der Waals surface area contributed by atoms with Gasteiger partial charge < -0.3 is 4.74 Å². The standard InChI is InChI=1S/C16H22ClNO2/c1-18(2)16(9-5-4-6-10-16)15(19)12-7-8-13(17)14(11-12)20-3/h7-8,11H,4-6,9-10H2,1-3H3. The molecule has 20 heavy (non-hydrogen) atoms. The molecule has 1 aliphatic rings. The summed E-state index contributed by atoms with van der Waals surface area (Å²) in [5.74, 6) is 0.736. The van der Waals surface area contributed by atoms with Gasteiger partial charge in [0.15, 0.2) is 5.78 Å². The predicted molar refractivity (Wildman–Crippen MR) is 81.8 cm³/mol. The van der Waals surface area contributed by atoms with Crippen molar-refractivity contribution >= 4 is 17.4 Å². The van der Waals surface area contributed by atoms with Crippen LogP contribution < -0.4 is 4.74 Å². The summed E-state index contributed by atoms with van der Waals surface area (Å²) in [7, 11) is 5.56. The number of hydrogen-bond donors (Lipinski definition) is 0. The minimum atomic E-state index is -0.378. The molecule has 0 bridgehead atoms. The molecule has 0 spiro atoms. The molecule has 0 saturated heterocycles. The molecule has 0 amide bonds. The van der Waals surface area contributed by atoms with Crippen molar-refractivity contribution in [2.75, 3.05) is 21.2 Å². The first-order valence-electron chi connectivity index (χ1n) is 7.07. The van der Waals surface area contributed by atoms with Crippen molar-refractivity contribution in [3.8, 4) is 5.75 Å². The van der Waals surface area contributed by atoms with Gasteiger partial charge in [-0.25, -0.2) is 0 Å². The van der Waals surface area contributed by atoms with E-state index in [0.29, 0.717) is 16.3 Å². The molecule has 1 aromatic carbocycles. The van der Waals surface area contributed by atoms with Gasteiger partial charge in [0.25, 0.3) is 0 Å². The number of hydrogen-bond acceptors (Lipinski definition) is 3. The van der Waals surface area contributed by atoms with Crippen LogP contribution in [0.2, 0.25) is 5.02 Å². The van der Waals surface area contributed by atoms with Gasteiger partial charge in [-0.05, 0) is 45.1 Å². The predicted octanol–water partition coefficient (Wildman–Crippen LogP) is 3.80. The highest BCUT2D eigenvalue weighted by Gasteiger charge is 2.41. The van der Waals surface area contributed by atoms with Crippen LogP contribution in [0.4, 0.5) is 0 Å². The second-order valence-corrected chi connectivity index (χ2v) is 6.07. The molecule has 4 heteroatoms. The summed E-state index contributed by atoms with van der Waals surface area (Å²) in [6, 6.07) is 5.29. The van der Waals surface area contributed by atoms with Crippen LogP contribution in [0.15, 0.2) is 18.2 Å². The minimum absolute atomic E-state index is 0.178. The zero-order chi connectivity index (χ0) is 14.8. The third-order valence-electron chi connectivity index (χ3n) is 4.37. The van der Waals surface area contributed by atoms with E-state index in [1.54, 1.807) is 25.3 Å². The first kappa shape index (κ1) is 15.3. The monoisotopic (exact) mass is 295 g/mol. The zero-order valence-corrected chi connectivity index (χ0v) is 13.2. The summed E-state index contributed by atoms with van der Waals surface area (Å²) >= 11 is 6.04. The van der Waals surface area contributed by atoms with Gasteiger partial charge in [0.2, 0.25) is 0 Å². The average Bonchev–Trinajstić information content (AvgIpc) is 2.47. The molecular formula is C16H22ClNO2. The van der Waals surface area contributed by atoms with Gasteiger partial charge >= 0.3 is 0 Å². The molecule has 0 atom stereocenters. The SMILES string of the molecule is COc1cc(C(=O)C2(N(C)C)CCCCC2)ccc1Cl. The van der Waals surface area contributed by atoms with Crippen molar-refractivity contribution in [1.82, 2.24) is 4.90 Å². The zero-order valence-electron chi connectivity index (χ0n) is 12.4. The van der Waals surface area contributed by atoms with Crippen molar-refractivity contribution in [2.24, 2.45) is 0 Å². The molecule has 3 nitrogen and oxygen atoms in total. The number of methoxy groups -OCH3 is 1. The molecule has 2 rings (SSSR count). The number of carbonyl (C=O) groups is 1.